The summed E-state index contributed by atoms with van der Waals surface area (Å²) >= 11 is 6.12. The van der Waals surface area contributed by atoms with E-state index in [-0.39, 0.29) is 27.2 Å². The predicted octanol–water partition coefficient (Wildman–Crippen LogP) is 4.56. The van der Waals surface area contributed by atoms with Crippen LogP contribution in [0.15, 0.2) is 77.7 Å². The van der Waals surface area contributed by atoms with Gasteiger partial charge in [0.2, 0.25) is 5.91 Å². The van der Waals surface area contributed by atoms with Gasteiger partial charge in [0.05, 0.1) is 23.7 Å². The van der Waals surface area contributed by atoms with Crippen molar-refractivity contribution in [2.24, 2.45) is 0 Å². The van der Waals surface area contributed by atoms with Crippen LogP contribution < -0.4 is 14.4 Å². The Kier molecular flexibility index (Phi) is 7.37. The molecule has 3 aromatic rings. The highest BCUT2D eigenvalue weighted by molar-refractivity contribution is 7.92. The molecule has 0 aliphatic rings. The van der Waals surface area contributed by atoms with Crippen molar-refractivity contribution in [3.8, 4) is 5.75 Å². The highest BCUT2D eigenvalue weighted by atomic mass is 35.5. The second kappa shape index (κ2) is 10.0. The molecule has 1 N–H and O–H groups in total. The normalized spacial score (nSPS) is 12.1. The summed E-state index contributed by atoms with van der Waals surface area (Å²) in [5, 5.41) is 3.04. The van der Waals surface area contributed by atoms with Crippen LogP contribution in [-0.4, -0.2) is 28.0 Å². The van der Waals surface area contributed by atoms with Gasteiger partial charge >= 0.3 is 0 Å². The maximum Gasteiger partial charge on any atom is 0.264 e. The van der Waals surface area contributed by atoms with E-state index in [0.717, 1.165) is 4.31 Å². The van der Waals surface area contributed by atoms with E-state index in [1.54, 1.807) is 43.3 Å². The smallest absolute Gasteiger partial charge is 0.264 e. The number of halogens is 2. The number of anilines is 1. The summed E-state index contributed by atoms with van der Waals surface area (Å²) in [6.45, 7) is 1.21. The monoisotopic (exact) mass is 476 g/mol. The van der Waals surface area contributed by atoms with Crippen LogP contribution in [0.25, 0.3) is 0 Å². The first-order valence-corrected chi connectivity index (χ1v) is 11.5. The van der Waals surface area contributed by atoms with E-state index in [9.17, 15) is 17.6 Å². The molecule has 1 atom stereocenters. The van der Waals surface area contributed by atoms with Crippen molar-refractivity contribution in [3.05, 3.63) is 89.2 Å². The van der Waals surface area contributed by atoms with E-state index in [1.807, 2.05) is 0 Å². The highest BCUT2D eigenvalue weighted by Crippen LogP contribution is 2.34. The molecule has 0 spiro atoms. The van der Waals surface area contributed by atoms with Gasteiger partial charge in [0.25, 0.3) is 10.0 Å². The molecule has 0 saturated heterocycles. The number of benzene rings is 3. The largest absolute Gasteiger partial charge is 0.495 e. The van der Waals surface area contributed by atoms with E-state index in [2.05, 4.69) is 5.32 Å². The second-order valence-corrected chi connectivity index (χ2v) is 9.28. The molecule has 1 amide bonds. The molecule has 0 unspecified atom stereocenters. The minimum absolute atomic E-state index is 0.0152. The summed E-state index contributed by atoms with van der Waals surface area (Å²) in [4.78, 5) is 12.9. The Morgan fingerprint density at radius 3 is 2.38 bits per heavy atom. The lowest BCUT2D eigenvalue weighted by molar-refractivity contribution is -0.120. The van der Waals surface area contributed by atoms with Crippen LogP contribution in [0.5, 0.6) is 5.75 Å². The van der Waals surface area contributed by atoms with Gasteiger partial charge in [-0.05, 0) is 55.0 Å². The number of carbonyl (C=O) groups excluding carboxylic acids is 1. The summed E-state index contributed by atoms with van der Waals surface area (Å²) in [6.07, 6.45) is 0. The third-order valence-corrected chi connectivity index (χ3v) is 6.78. The molecule has 0 saturated carbocycles. The molecule has 0 radical (unpaired) electrons. The Hall–Kier alpha value is -3.10. The van der Waals surface area contributed by atoms with Gasteiger partial charge in [-0.3, -0.25) is 9.10 Å². The number of nitrogens with zero attached hydrogens (tertiary/aromatic N) is 1. The van der Waals surface area contributed by atoms with Gasteiger partial charge < -0.3 is 10.1 Å². The molecule has 3 rings (SSSR count). The number of ether oxygens (including phenoxy) is 1. The molecule has 9 heteroatoms. The summed E-state index contributed by atoms with van der Waals surface area (Å²) < 4.78 is 46.4. The Labute approximate surface area is 191 Å². The fourth-order valence-corrected chi connectivity index (χ4v) is 4.74. The van der Waals surface area contributed by atoms with Gasteiger partial charge in [-0.1, -0.05) is 41.9 Å². The first-order valence-electron chi connectivity index (χ1n) is 9.68. The Morgan fingerprint density at radius 1 is 1.09 bits per heavy atom. The molecular weight excluding hydrogens is 455 g/mol. The third-order valence-electron chi connectivity index (χ3n) is 4.78. The second-order valence-electron chi connectivity index (χ2n) is 6.98. The number of hydrogen-bond donors (Lipinski definition) is 1. The zero-order chi connectivity index (χ0) is 23.3. The van der Waals surface area contributed by atoms with Crippen LogP contribution in [0.3, 0.4) is 0 Å². The van der Waals surface area contributed by atoms with Crippen molar-refractivity contribution in [1.29, 1.82) is 0 Å². The number of nitrogens with one attached hydrogen (secondary N) is 1. The maximum atomic E-state index is 13.4. The minimum atomic E-state index is -4.12. The standard InChI is InChI=1S/C23H22ClFN2O4S/c1-16(17-8-11-19(25)12-9-17)26-23(28)15-27(21-14-18(24)10-13-22(21)31-2)32(29,30)20-6-4-3-5-7-20/h3-14,16H,15H2,1-2H3,(H,26,28)/t16-/m0/s1. The fraction of sp³-hybridized carbons (Fsp3) is 0.174. The first kappa shape index (κ1) is 23.6. The van der Waals surface area contributed by atoms with Crippen LogP contribution in [-0.2, 0) is 14.8 Å². The Balaban J connectivity index is 1.95. The highest BCUT2D eigenvalue weighted by Gasteiger charge is 2.30. The Bertz CT molecular complexity index is 1190. The topological polar surface area (TPSA) is 75.7 Å². The number of sulfonamides is 1. The summed E-state index contributed by atoms with van der Waals surface area (Å²) in [7, 11) is -2.72. The SMILES string of the molecule is COc1ccc(Cl)cc1N(CC(=O)N[C@@H](C)c1ccc(F)cc1)S(=O)(=O)c1ccccc1. The minimum Gasteiger partial charge on any atom is -0.495 e. The molecule has 0 aromatic heterocycles. The Morgan fingerprint density at radius 2 is 1.75 bits per heavy atom. The van der Waals surface area contributed by atoms with Crippen molar-refractivity contribution in [2.75, 3.05) is 18.0 Å². The van der Waals surface area contributed by atoms with Gasteiger partial charge in [0.1, 0.15) is 18.1 Å². The quantitative estimate of drug-likeness (QED) is 0.517. The molecule has 6 nitrogen and oxygen atoms in total. The van der Waals surface area contributed by atoms with Gasteiger partial charge in [0.15, 0.2) is 0 Å². The number of carbonyl (C=O) groups is 1. The summed E-state index contributed by atoms with van der Waals surface area (Å²) in [6, 6.07) is 17.5. The molecule has 0 fully saturated rings. The van der Waals surface area contributed by atoms with Crippen molar-refractivity contribution in [1.82, 2.24) is 5.32 Å². The maximum absolute atomic E-state index is 13.4. The van der Waals surface area contributed by atoms with Gasteiger partial charge in [0, 0.05) is 5.02 Å². The first-order chi connectivity index (χ1) is 15.2. The number of hydrogen-bond acceptors (Lipinski definition) is 4. The number of rotatable bonds is 8. The van der Waals surface area contributed by atoms with E-state index < -0.39 is 28.5 Å². The molecule has 0 aliphatic carbocycles. The van der Waals surface area contributed by atoms with E-state index >= 15 is 0 Å². The van der Waals surface area contributed by atoms with Crippen LogP contribution in [0.1, 0.15) is 18.5 Å². The fourth-order valence-electron chi connectivity index (χ4n) is 3.13. The molecule has 3 aromatic carbocycles. The molecule has 0 aliphatic heterocycles. The van der Waals surface area contributed by atoms with Crippen LogP contribution in [0.4, 0.5) is 10.1 Å². The number of amides is 1. The molecule has 0 bridgehead atoms. The predicted molar refractivity (Wildman–Crippen MR) is 122 cm³/mol. The molecule has 168 valence electrons. The van der Waals surface area contributed by atoms with Gasteiger partial charge in [-0.25, -0.2) is 12.8 Å². The van der Waals surface area contributed by atoms with Crippen LogP contribution in [0.2, 0.25) is 5.02 Å². The average molecular weight is 477 g/mol. The zero-order valence-corrected chi connectivity index (χ0v) is 19.0. The van der Waals surface area contributed by atoms with Crippen LogP contribution in [0, 0.1) is 5.82 Å². The summed E-state index contributed by atoms with van der Waals surface area (Å²) in [5.74, 6) is -0.697. The van der Waals surface area contributed by atoms with Gasteiger partial charge in [-0.15, -0.1) is 0 Å². The zero-order valence-electron chi connectivity index (χ0n) is 17.5. The van der Waals surface area contributed by atoms with Crippen molar-refractivity contribution < 1.29 is 22.3 Å². The lowest BCUT2D eigenvalue weighted by Gasteiger charge is -2.26. The van der Waals surface area contributed by atoms with E-state index in [0.29, 0.717) is 5.56 Å². The van der Waals surface area contributed by atoms with Gasteiger partial charge in [-0.2, -0.15) is 0 Å². The van der Waals surface area contributed by atoms with E-state index in [1.165, 1.54) is 43.5 Å². The summed E-state index contributed by atoms with van der Waals surface area (Å²) in [5.41, 5.74) is 0.811. The number of methoxy groups -OCH3 is 1. The molecule has 32 heavy (non-hydrogen) atoms. The van der Waals surface area contributed by atoms with Crippen molar-refractivity contribution in [2.45, 2.75) is 17.9 Å². The third kappa shape index (κ3) is 5.38. The van der Waals surface area contributed by atoms with Crippen LogP contribution >= 0.6 is 11.6 Å². The average Bonchev–Trinajstić information content (AvgIpc) is 2.78. The lowest BCUT2D eigenvalue weighted by atomic mass is 10.1. The lowest BCUT2D eigenvalue weighted by Crippen LogP contribution is -2.41. The van der Waals surface area contributed by atoms with Crippen molar-refractivity contribution in [3.63, 3.8) is 0 Å². The molecule has 0 heterocycles. The van der Waals surface area contributed by atoms with Crippen molar-refractivity contribution >= 4 is 33.2 Å². The molecular formula is C23H22ClFN2O4S. The van der Waals surface area contributed by atoms with E-state index in [4.69, 9.17) is 16.3 Å².